The summed E-state index contributed by atoms with van der Waals surface area (Å²) in [6.45, 7) is 10.8. The molecule has 0 amide bonds. The van der Waals surface area contributed by atoms with Crippen molar-refractivity contribution in [1.29, 1.82) is 0 Å². The number of ether oxygens (including phenoxy) is 1. The zero-order chi connectivity index (χ0) is 12.8. The van der Waals surface area contributed by atoms with Crippen molar-refractivity contribution in [3.8, 4) is 5.75 Å². The molecule has 2 rings (SSSR count). The first-order chi connectivity index (χ1) is 7.69. The Hall–Kier alpha value is -1.02. The number of nitrogens with two attached hydrogens (primary N) is 1. The van der Waals surface area contributed by atoms with Crippen molar-refractivity contribution in [1.82, 2.24) is 0 Å². The van der Waals surface area contributed by atoms with Crippen LogP contribution < -0.4 is 10.5 Å². The van der Waals surface area contributed by atoms with E-state index in [4.69, 9.17) is 10.5 Å². The molecule has 0 aromatic heterocycles. The fourth-order valence-electron chi connectivity index (χ4n) is 2.32. The van der Waals surface area contributed by atoms with Crippen LogP contribution >= 0.6 is 0 Å². The van der Waals surface area contributed by atoms with Gasteiger partial charge < -0.3 is 10.5 Å². The van der Waals surface area contributed by atoms with Crippen LogP contribution in [0.25, 0.3) is 0 Å². The van der Waals surface area contributed by atoms with E-state index in [0.717, 1.165) is 12.2 Å². The maximum Gasteiger partial charge on any atom is 0.123 e. The minimum Gasteiger partial charge on any atom is -0.487 e. The third kappa shape index (κ3) is 2.47. The van der Waals surface area contributed by atoms with E-state index in [1.165, 1.54) is 11.1 Å². The van der Waals surface area contributed by atoms with Crippen molar-refractivity contribution in [3.05, 3.63) is 29.3 Å². The van der Waals surface area contributed by atoms with Crippen molar-refractivity contribution < 1.29 is 4.74 Å². The highest BCUT2D eigenvalue weighted by Crippen LogP contribution is 2.38. The molecular formula is C15H23NO. The molecule has 2 N–H and O–H groups in total. The molecule has 1 aliphatic heterocycles. The molecule has 0 fully saturated rings. The number of fused-ring (bicyclic) bond motifs is 1. The topological polar surface area (TPSA) is 35.2 Å². The van der Waals surface area contributed by atoms with Crippen LogP contribution in [0.15, 0.2) is 18.2 Å². The Kier molecular flexibility index (Phi) is 2.74. The Balaban J connectivity index is 2.31. The largest absolute Gasteiger partial charge is 0.487 e. The predicted molar refractivity (Wildman–Crippen MR) is 71.2 cm³/mol. The van der Waals surface area contributed by atoms with E-state index in [9.17, 15) is 0 Å². The van der Waals surface area contributed by atoms with E-state index in [1.807, 2.05) is 0 Å². The molecular weight excluding hydrogens is 210 g/mol. The van der Waals surface area contributed by atoms with Gasteiger partial charge in [0.15, 0.2) is 0 Å². The number of benzene rings is 1. The lowest BCUT2D eigenvalue weighted by Gasteiger charge is -2.27. The van der Waals surface area contributed by atoms with Gasteiger partial charge in [-0.15, -0.1) is 0 Å². The van der Waals surface area contributed by atoms with E-state index in [2.05, 4.69) is 52.8 Å². The molecule has 2 heteroatoms. The fraction of sp³-hybridized carbons (Fsp3) is 0.600. The van der Waals surface area contributed by atoms with Crippen LogP contribution in [0.2, 0.25) is 0 Å². The Morgan fingerprint density at radius 2 is 1.94 bits per heavy atom. The molecule has 2 nitrogen and oxygen atoms in total. The lowest BCUT2D eigenvalue weighted by molar-refractivity contribution is 0.138. The van der Waals surface area contributed by atoms with Gasteiger partial charge in [0.25, 0.3) is 0 Å². The molecule has 94 valence electrons. The van der Waals surface area contributed by atoms with Crippen LogP contribution in [-0.4, -0.2) is 5.60 Å². The van der Waals surface area contributed by atoms with Crippen LogP contribution in [0, 0.1) is 5.41 Å². The molecule has 0 saturated carbocycles. The molecule has 0 bridgehead atoms. The number of hydrogen-bond donors (Lipinski definition) is 1. The van der Waals surface area contributed by atoms with Crippen LogP contribution in [0.4, 0.5) is 0 Å². The van der Waals surface area contributed by atoms with E-state index >= 15 is 0 Å². The van der Waals surface area contributed by atoms with E-state index in [0.29, 0.717) is 0 Å². The van der Waals surface area contributed by atoms with Crippen molar-refractivity contribution in [3.63, 3.8) is 0 Å². The standard InChI is InChI=1S/C15H23NO/c1-14(2,3)13(16)10-6-7-12-11(8-10)9-15(4,5)17-12/h6-8,13H,9,16H2,1-5H3. The minimum absolute atomic E-state index is 0.0662. The lowest BCUT2D eigenvalue weighted by atomic mass is 9.82. The summed E-state index contributed by atoms with van der Waals surface area (Å²) in [6, 6.07) is 6.43. The third-order valence-corrected chi connectivity index (χ3v) is 3.38. The molecule has 0 radical (unpaired) electrons. The average molecular weight is 233 g/mol. The lowest BCUT2D eigenvalue weighted by Crippen LogP contribution is -2.26. The molecule has 17 heavy (non-hydrogen) atoms. The molecule has 0 saturated heterocycles. The molecule has 0 aliphatic carbocycles. The molecule has 1 aliphatic rings. The Morgan fingerprint density at radius 3 is 2.53 bits per heavy atom. The van der Waals surface area contributed by atoms with Crippen LogP contribution in [0.1, 0.15) is 51.8 Å². The first-order valence-corrected chi connectivity index (χ1v) is 6.26. The normalized spacial score (nSPS) is 19.6. The monoisotopic (exact) mass is 233 g/mol. The first kappa shape index (κ1) is 12.4. The van der Waals surface area contributed by atoms with Crippen molar-refractivity contribution in [2.45, 2.75) is 52.7 Å². The molecule has 1 aromatic rings. The summed E-state index contributed by atoms with van der Waals surface area (Å²) in [7, 11) is 0. The summed E-state index contributed by atoms with van der Waals surface area (Å²) < 4.78 is 5.87. The highest BCUT2D eigenvalue weighted by Gasteiger charge is 2.31. The van der Waals surface area contributed by atoms with Gasteiger partial charge in [-0.2, -0.15) is 0 Å². The van der Waals surface area contributed by atoms with Crippen molar-refractivity contribution >= 4 is 0 Å². The Morgan fingerprint density at radius 1 is 1.29 bits per heavy atom. The molecule has 1 aromatic carbocycles. The quantitative estimate of drug-likeness (QED) is 0.806. The highest BCUT2D eigenvalue weighted by atomic mass is 16.5. The van der Waals surface area contributed by atoms with Crippen LogP contribution in [-0.2, 0) is 6.42 Å². The second-order valence-corrected chi connectivity index (χ2v) is 6.75. The van der Waals surface area contributed by atoms with Gasteiger partial charge in [-0.25, -0.2) is 0 Å². The van der Waals surface area contributed by atoms with Gasteiger partial charge in [0.05, 0.1) is 0 Å². The van der Waals surface area contributed by atoms with Crippen molar-refractivity contribution in [2.24, 2.45) is 11.1 Å². The van der Waals surface area contributed by atoms with Gasteiger partial charge in [0.1, 0.15) is 11.4 Å². The highest BCUT2D eigenvalue weighted by molar-refractivity contribution is 5.42. The van der Waals surface area contributed by atoms with Crippen LogP contribution in [0.5, 0.6) is 5.75 Å². The molecule has 1 atom stereocenters. The second kappa shape index (κ2) is 3.74. The molecule has 1 unspecified atom stereocenters. The SMILES string of the molecule is CC1(C)Cc2cc(C(N)C(C)(C)C)ccc2O1. The van der Waals surface area contributed by atoms with E-state index < -0.39 is 0 Å². The summed E-state index contributed by atoms with van der Waals surface area (Å²) in [5, 5.41) is 0. The van der Waals surface area contributed by atoms with Gasteiger partial charge in [-0.05, 0) is 36.5 Å². The minimum atomic E-state index is -0.0766. The van der Waals surface area contributed by atoms with Crippen LogP contribution in [0.3, 0.4) is 0 Å². The second-order valence-electron chi connectivity index (χ2n) is 6.75. The third-order valence-electron chi connectivity index (χ3n) is 3.38. The zero-order valence-corrected chi connectivity index (χ0v) is 11.5. The van der Waals surface area contributed by atoms with Gasteiger partial charge in [0.2, 0.25) is 0 Å². The Bertz CT molecular complexity index is 429. The zero-order valence-electron chi connectivity index (χ0n) is 11.5. The smallest absolute Gasteiger partial charge is 0.123 e. The van der Waals surface area contributed by atoms with Gasteiger partial charge in [-0.3, -0.25) is 0 Å². The maximum absolute atomic E-state index is 6.29. The summed E-state index contributed by atoms with van der Waals surface area (Å²) in [5.41, 5.74) is 8.79. The molecule has 1 heterocycles. The average Bonchev–Trinajstić information content (AvgIpc) is 2.47. The summed E-state index contributed by atoms with van der Waals surface area (Å²) in [5.74, 6) is 1.01. The summed E-state index contributed by atoms with van der Waals surface area (Å²) >= 11 is 0. The van der Waals surface area contributed by atoms with Crippen molar-refractivity contribution in [2.75, 3.05) is 0 Å². The first-order valence-electron chi connectivity index (χ1n) is 6.26. The fourth-order valence-corrected chi connectivity index (χ4v) is 2.32. The summed E-state index contributed by atoms with van der Waals surface area (Å²) in [6.07, 6.45) is 0.965. The molecule has 0 spiro atoms. The Labute approximate surface area is 104 Å². The van der Waals surface area contributed by atoms with Gasteiger partial charge in [0, 0.05) is 12.5 Å². The van der Waals surface area contributed by atoms with Gasteiger partial charge >= 0.3 is 0 Å². The summed E-state index contributed by atoms with van der Waals surface area (Å²) in [4.78, 5) is 0. The van der Waals surface area contributed by atoms with E-state index in [-0.39, 0.29) is 17.1 Å². The number of rotatable bonds is 1. The maximum atomic E-state index is 6.29. The van der Waals surface area contributed by atoms with Gasteiger partial charge in [-0.1, -0.05) is 32.9 Å². The predicted octanol–water partition coefficient (Wildman–Crippen LogP) is 3.45. The van der Waals surface area contributed by atoms with E-state index in [1.54, 1.807) is 0 Å². The number of hydrogen-bond acceptors (Lipinski definition) is 2.